The Labute approximate surface area is 104 Å². The van der Waals surface area contributed by atoms with E-state index in [0.29, 0.717) is 6.10 Å². The van der Waals surface area contributed by atoms with E-state index < -0.39 is 0 Å². The van der Waals surface area contributed by atoms with Gasteiger partial charge in [0.05, 0.1) is 6.10 Å². The molecule has 1 aliphatic rings. The van der Waals surface area contributed by atoms with Crippen LogP contribution in [0.3, 0.4) is 0 Å². The Morgan fingerprint density at radius 3 is 2.88 bits per heavy atom. The van der Waals surface area contributed by atoms with Gasteiger partial charge in [0.15, 0.2) is 0 Å². The van der Waals surface area contributed by atoms with Crippen LogP contribution >= 0.6 is 0 Å². The molecule has 0 radical (unpaired) electrons. The molecule has 2 heterocycles. The van der Waals surface area contributed by atoms with E-state index in [1.165, 1.54) is 29.8 Å². The minimum absolute atomic E-state index is 0.501. The lowest BCUT2D eigenvalue weighted by Gasteiger charge is -2.10. The maximum atomic E-state index is 5.61. The molecule has 1 N–H and O–H groups in total. The smallest absolute Gasteiger partial charge is 0.0588 e. The summed E-state index contributed by atoms with van der Waals surface area (Å²) >= 11 is 0. The molecule has 1 aromatic rings. The second-order valence-electron chi connectivity index (χ2n) is 5.06. The standard InChI is InChI=1S/C14H24N2O/c1-11-9-13(12(2)16(11)3)10-15-7-6-14-5-4-8-17-14/h9,14-15H,4-8,10H2,1-3H3. The van der Waals surface area contributed by atoms with Crippen molar-refractivity contribution in [3.63, 3.8) is 0 Å². The van der Waals surface area contributed by atoms with E-state index in [-0.39, 0.29) is 0 Å². The molecule has 0 spiro atoms. The lowest BCUT2D eigenvalue weighted by molar-refractivity contribution is 0.104. The molecule has 17 heavy (non-hydrogen) atoms. The highest BCUT2D eigenvalue weighted by molar-refractivity contribution is 5.26. The first-order valence-electron chi connectivity index (χ1n) is 6.62. The Morgan fingerprint density at radius 1 is 1.47 bits per heavy atom. The summed E-state index contributed by atoms with van der Waals surface area (Å²) < 4.78 is 7.86. The first-order valence-corrected chi connectivity index (χ1v) is 6.62. The number of ether oxygens (including phenoxy) is 1. The number of nitrogens with one attached hydrogen (secondary N) is 1. The predicted octanol–water partition coefficient (Wildman–Crippen LogP) is 2.30. The van der Waals surface area contributed by atoms with Gasteiger partial charge in [0, 0.05) is 31.6 Å². The lowest BCUT2D eigenvalue weighted by atomic mass is 10.2. The highest BCUT2D eigenvalue weighted by atomic mass is 16.5. The van der Waals surface area contributed by atoms with Crippen molar-refractivity contribution in [1.29, 1.82) is 0 Å². The number of hydrogen-bond acceptors (Lipinski definition) is 2. The molecule has 0 bridgehead atoms. The van der Waals surface area contributed by atoms with Crippen LogP contribution < -0.4 is 5.32 Å². The van der Waals surface area contributed by atoms with Crippen molar-refractivity contribution in [2.75, 3.05) is 13.2 Å². The van der Waals surface area contributed by atoms with Gasteiger partial charge in [-0.2, -0.15) is 0 Å². The van der Waals surface area contributed by atoms with Gasteiger partial charge in [0.2, 0.25) is 0 Å². The fraction of sp³-hybridized carbons (Fsp3) is 0.714. The van der Waals surface area contributed by atoms with Crippen LogP contribution in [0.25, 0.3) is 0 Å². The van der Waals surface area contributed by atoms with Crippen molar-refractivity contribution in [2.24, 2.45) is 7.05 Å². The molecule has 1 fully saturated rings. The number of nitrogens with zero attached hydrogens (tertiary/aromatic N) is 1. The normalized spacial score (nSPS) is 20.1. The van der Waals surface area contributed by atoms with E-state index in [4.69, 9.17) is 4.74 Å². The Hall–Kier alpha value is -0.800. The zero-order valence-corrected chi connectivity index (χ0v) is 11.3. The van der Waals surface area contributed by atoms with Crippen LogP contribution in [-0.4, -0.2) is 23.8 Å². The molecule has 0 aliphatic carbocycles. The second-order valence-corrected chi connectivity index (χ2v) is 5.06. The summed E-state index contributed by atoms with van der Waals surface area (Å²) in [5.41, 5.74) is 4.11. The molecule has 1 aliphatic heterocycles. The van der Waals surface area contributed by atoms with E-state index in [0.717, 1.165) is 26.1 Å². The molecule has 1 aromatic heterocycles. The third-order valence-corrected chi connectivity index (χ3v) is 3.86. The van der Waals surface area contributed by atoms with Crippen LogP contribution in [0.4, 0.5) is 0 Å². The van der Waals surface area contributed by atoms with Crippen molar-refractivity contribution >= 4 is 0 Å². The van der Waals surface area contributed by atoms with Crippen LogP contribution in [0.15, 0.2) is 6.07 Å². The summed E-state index contributed by atoms with van der Waals surface area (Å²) in [4.78, 5) is 0. The van der Waals surface area contributed by atoms with Gasteiger partial charge in [-0.05, 0) is 51.3 Å². The minimum atomic E-state index is 0.501. The fourth-order valence-electron chi connectivity index (χ4n) is 2.47. The molecule has 0 amide bonds. The molecular weight excluding hydrogens is 212 g/mol. The van der Waals surface area contributed by atoms with Gasteiger partial charge in [-0.15, -0.1) is 0 Å². The minimum Gasteiger partial charge on any atom is -0.378 e. The summed E-state index contributed by atoms with van der Waals surface area (Å²) in [5.74, 6) is 0. The van der Waals surface area contributed by atoms with Crippen LogP contribution in [0, 0.1) is 13.8 Å². The van der Waals surface area contributed by atoms with Gasteiger partial charge in [-0.3, -0.25) is 0 Å². The van der Waals surface area contributed by atoms with Crippen molar-refractivity contribution < 1.29 is 4.74 Å². The van der Waals surface area contributed by atoms with E-state index in [1.807, 2.05) is 0 Å². The average molecular weight is 236 g/mol. The molecular formula is C14H24N2O. The maximum Gasteiger partial charge on any atom is 0.0588 e. The quantitative estimate of drug-likeness (QED) is 0.794. The number of rotatable bonds is 5. The van der Waals surface area contributed by atoms with E-state index >= 15 is 0 Å². The maximum absolute atomic E-state index is 5.61. The third-order valence-electron chi connectivity index (χ3n) is 3.86. The van der Waals surface area contributed by atoms with Crippen molar-refractivity contribution in [1.82, 2.24) is 9.88 Å². The van der Waals surface area contributed by atoms with Gasteiger partial charge < -0.3 is 14.6 Å². The third kappa shape index (κ3) is 3.11. The summed E-state index contributed by atoms with van der Waals surface area (Å²) in [5, 5.41) is 3.52. The molecule has 0 saturated carbocycles. The van der Waals surface area contributed by atoms with Crippen molar-refractivity contribution in [3.8, 4) is 0 Å². The molecule has 1 atom stereocenters. The highest BCUT2D eigenvalue weighted by Crippen LogP contribution is 2.15. The topological polar surface area (TPSA) is 26.2 Å². The Kier molecular flexibility index (Phi) is 4.24. The van der Waals surface area contributed by atoms with E-state index in [9.17, 15) is 0 Å². The molecule has 1 unspecified atom stereocenters. The molecule has 2 rings (SSSR count). The SMILES string of the molecule is Cc1cc(CNCCC2CCCO2)c(C)n1C. The highest BCUT2D eigenvalue weighted by Gasteiger charge is 2.14. The fourth-order valence-corrected chi connectivity index (χ4v) is 2.47. The van der Waals surface area contributed by atoms with Gasteiger partial charge >= 0.3 is 0 Å². The monoisotopic (exact) mass is 236 g/mol. The van der Waals surface area contributed by atoms with E-state index in [2.05, 4.69) is 36.8 Å². The number of aromatic nitrogens is 1. The summed E-state index contributed by atoms with van der Waals surface area (Å²) in [7, 11) is 2.13. The molecule has 1 saturated heterocycles. The average Bonchev–Trinajstić information content (AvgIpc) is 2.90. The molecule has 96 valence electrons. The second kappa shape index (κ2) is 5.69. The first-order chi connectivity index (χ1) is 8.18. The van der Waals surface area contributed by atoms with E-state index in [1.54, 1.807) is 0 Å². The molecule has 3 heteroatoms. The van der Waals surface area contributed by atoms with Gasteiger partial charge in [-0.1, -0.05) is 0 Å². The van der Waals surface area contributed by atoms with Gasteiger partial charge in [-0.25, -0.2) is 0 Å². The largest absolute Gasteiger partial charge is 0.378 e. The predicted molar refractivity (Wildman–Crippen MR) is 70.2 cm³/mol. The zero-order chi connectivity index (χ0) is 12.3. The van der Waals surface area contributed by atoms with Crippen LogP contribution in [-0.2, 0) is 18.3 Å². The zero-order valence-electron chi connectivity index (χ0n) is 11.3. The van der Waals surface area contributed by atoms with Crippen LogP contribution in [0.1, 0.15) is 36.2 Å². The van der Waals surface area contributed by atoms with Crippen molar-refractivity contribution in [2.45, 2.75) is 45.8 Å². The van der Waals surface area contributed by atoms with Gasteiger partial charge in [0.1, 0.15) is 0 Å². The summed E-state index contributed by atoms with van der Waals surface area (Å²) in [6.45, 7) is 7.33. The van der Waals surface area contributed by atoms with Gasteiger partial charge in [0.25, 0.3) is 0 Å². The molecule has 0 aromatic carbocycles. The Balaban J connectivity index is 1.72. The first kappa shape index (κ1) is 12.7. The van der Waals surface area contributed by atoms with Crippen molar-refractivity contribution in [3.05, 3.63) is 23.0 Å². The summed E-state index contributed by atoms with van der Waals surface area (Å²) in [6.07, 6.45) is 4.12. The number of aryl methyl sites for hydroxylation is 1. The van der Waals surface area contributed by atoms with Crippen LogP contribution in [0.2, 0.25) is 0 Å². The van der Waals surface area contributed by atoms with Crippen LogP contribution in [0.5, 0.6) is 0 Å². The Morgan fingerprint density at radius 2 is 2.29 bits per heavy atom. The summed E-state index contributed by atoms with van der Waals surface area (Å²) in [6, 6.07) is 2.27. The lowest BCUT2D eigenvalue weighted by Crippen LogP contribution is -2.20. The number of hydrogen-bond donors (Lipinski definition) is 1. The Bertz CT molecular complexity index is 365. The molecule has 3 nitrogen and oxygen atoms in total.